The van der Waals surface area contributed by atoms with E-state index in [1.165, 1.54) is 6.07 Å². The van der Waals surface area contributed by atoms with E-state index in [0.717, 1.165) is 5.52 Å². The van der Waals surface area contributed by atoms with Crippen molar-refractivity contribution in [2.45, 2.75) is 0 Å². The summed E-state index contributed by atoms with van der Waals surface area (Å²) in [7, 11) is 0. The zero-order valence-electron chi connectivity index (χ0n) is 9.09. The third-order valence-electron chi connectivity index (χ3n) is 2.67. The molecule has 88 valence electrons. The van der Waals surface area contributed by atoms with Gasteiger partial charge in [0.25, 0.3) is 0 Å². The summed E-state index contributed by atoms with van der Waals surface area (Å²) >= 11 is 5.90. The van der Waals surface area contributed by atoms with Gasteiger partial charge in [0.15, 0.2) is 0 Å². The van der Waals surface area contributed by atoms with E-state index in [9.17, 15) is 9.90 Å². The molecule has 0 aliphatic rings. The van der Waals surface area contributed by atoms with Crippen LogP contribution >= 0.6 is 11.6 Å². The molecular weight excluding hydrogens is 252 g/mol. The molecule has 1 heterocycles. The third kappa shape index (κ3) is 1.58. The Labute approximate surface area is 107 Å². The van der Waals surface area contributed by atoms with Gasteiger partial charge in [-0.15, -0.1) is 0 Å². The van der Waals surface area contributed by atoms with Crippen LogP contribution in [0.25, 0.3) is 22.1 Å². The van der Waals surface area contributed by atoms with Crippen LogP contribution in [0, 0.1) is 0 Å². The number of carbonyl (C=O) groups is 1. The molecule has 0 amide bonds. The number of nitrogens with zero attached hydrogens (tertiary/aromatic N) is 2. The van der Waals surface area contributed by atoms with Crippen molar-refractivity contribution >= 4 is 39.6 Å². The van der Waals surface area contributed by atoms with Crippen molar-refractivity contribution in [2.24, 2.45) is 0 Å². The zero-order chi connectivity index (χ0) is 12.7. The van der Waals surface area contributed by atoms with Crippen LogP contribution in [0.3, 0.4) is 0 Å². The molecule has 1 N–H and O–H groups in total. The van der Waals surface area contributed by atoms with Gasteiger partial charge in [-0.05, 0) is 24.3 Å². The highest BCUT2D eigenvalue weighted by Gasteiger charge is 2.15. The lowest BCUT2D eigenvalue weighted by Crippen LogP contribution is -2.01. The van der Waals surface area contributed by atoms with Gasteiger partial charge in [-0.3, -0.25) is 0 Å². The van der Waals surface area contributed by atoms with Crippen LogP contribution in [0.2, 0.25) is 5.02 Å². The average Bonchev–Trinajstić information content (AvgIpc) is 2.36. The second kappa shape index (κ2) is 3.92. The minimum Gasteiger partial charge on any atom is -0.478 e. The Hall–Kier alpha value is -2.20. The average molecular weight is 259 g/mol. The Morgan fingerprint density at radius 3 is 2.33 bits per heavy atom. The van der Waals surface area contributed by atoms with Crippen molar-refractivity contribution in [1.29, 1.82) is 0 Å². The van der Waals surface area contributed by atoms with E-state index in [0.29, 0.717) is 16.6 Å². The number of aromatic nitrogens is 2. The second-order valence-electron chi connectivity index (χ2n) is 3.81. The lowest BCUT2D eigenvalue weighted by atomic mass is 10.1. The lowest BCUT2D eigenvalue weighted by molar-refractivity contribution is 0.0699. The number of aromatic carboxylic acids is 1. The predicted octanol–water partition coefficient (Wildman–Crippen LogP) is 3.13. The number of hydrogen-bond donors (Lipinski definition) is 1. The highest BCUT2D eigenvalue weighted by Crippen LogP contribution is 2.25. The molecule has 0 atom stereocenters. The molecule has 3 rings (SSSR count). The number of benzene rings is 2. The van der Waals surface area contributed by atoms with Crippen LogP contribution in [0.4, 0.5) is 0 Å². The predicted molar refractivity (Wildman–Crippen MR) is 69.0 cm³/mol. The smallest absolute Gasteiger partial charge is 0.339 e. The molecule has 4 nitrogen and oxygen atoms in total. The van der Waals surface area contributed by atoms with Gasteiger partial charge in [-0.25, -0.2) is 14.8 Å². The van der Waals surface area contributed by atoms with Crippen molar-refractivity contribution in [3.8, 4) is 0 Å². The maximum absolute atomic E-state index is 11.2. The van der Waals surface area contributed by atoms with Crippen LogP contribution in [0.15, 0.2) is 36.4 Å². The van der Waals surface area contributed by atoms with Gasteiger partial charge < -0.3 is 5.11 Å². The Balaban J connectivity index is 2.50. The van der Waals surface area contributed by atoms with E-state index in [2.05, 4.69) is 9.97 Å². The molecule has 3 aromatic rings. The molecule has 0 aliphatic heterocycles. The van der Waals surface area contributed by atoms with Crippen LogP contribution in [0.5, 0.6) is 0 Å². The largest absolute Gasteiger partial charge is 0.478 e. The fourth-order valence-electron chi connectivity index (χ4n) is 1.87. The molecule has 0 unspecified atom stereocenters. The third-order valence-corrected chi connectivity index (χ3v) is 2.99. The summed E-state index contributed by atoms with van der Waals surface area (Å²) in [5, 5.41) is 9.35. The fraction of sp³-hybridized carbons (Fsp3) is 0. The molecule has 0 fully saturated rings. The first kappa shape index (κ1) is 10.9. The lowest BCUT2D eigenvalue weighted by Gasteiger charge is -2.05. The van der Waals surface area contributed by atoms with Crippen LogP contribution in [-0.2, 0) is 0 Å². The molecule has 0 saturated carbocycles. The number of hydrogen-bond acceptors (Lipinski definition) is 3. The van der Waals surface area contributed by atoms with Gasteiger partial charge in [0.1, 0.15) is 11.1 Å². The minimum atomic E-state index is -1.10. The minimum absolute atomic E-state index is 0.00702. The SMILES string of the molecule is O=C(O)c1c(Cl)ccc2nc3ccccc3nc12. The van der Waals surface area contributed by atoms with Crippen molar-refractivity contribution in [1.82, 2.24) is 9.97 Å². The van der Waals surface area contributed by atoms with Crippen molar-refractivity contribution < 1.29 is 9.90 Å². The number of fused-ring (bicyclic) bond motifs is 2. The topological polar surface area (TPSA) is 63.1 Å². The molecule has 0 saturated heterocycles. The Morgan fingerprint density at radius 2 is 1.67 bits per heavy atom. The summed E-state index contributed by atoms with van der Waals surface area (Å²) in [6.07, 6.45) is 0. The van der Waals surface area contributed by atoms with Crippen LogP contribution in [-0.4, -0.2) is 21.0 Å². The van der Waals surface area contributed by atoms with E-state index in [4.69, 9.17) is 11.6 Å². The first-order valence-corrected chi connectivity index (χ1v) is 5.63. The highest BCUT2D eigenvalue weighted by atomic mass is 35.5. The highest BCUT2D eigenvalue weighted by molar-refractivity contribution is 6.35. The monoisotopic (exact) mass is 258 g/mol. The van der Waals surface area contributed by atoms with Gasteiger partial charge in [0.05, 0.1) is 21.6 Å². The van der Waals surface area contributed by atoms with Crippen LogP contribution in [0.1, 0.15) is 10.4 Å². The first-order valence-electron chi connectivity index (χ1n) is 5.25. The first-order chi connectivity index (χ1) is 8.66. The molecule has 18 heavy (non-hydrogen) atoms. The molecule has 0 aliphatic carbocycles. The summed E-state index contributed by atoms with van der Waals surface area (Å²) < 4.78 is 0. The summed E-state index contributed by atoms with van der Waals surface area (Å²) in [6.45, 7) is 0. The maximum Gasteiger partial charge on any atom is 0.339 e. The number of carboxylic acid groups (broad SMARTS) is 1. The normalized spacial score (nSPS) is 10.9. The molecular formula is C13H7ClN2O2. The number of halogens is 1. The summed E-state index contributed by atoms with van der Waals surface area (Å²) in [5.41, 5.74) is 2.20. The fourth-order valence-corrected chi connectivity index (χ4v) is 2.10. The van der Waals surface area contributed by atoms with E-state index in [1.807, 2.05) is 18.2 Å². The van der Waals surface area contributed by atoms with Crippen LogP contribution < -0.4 is 0 Å². The molecule has 0 radical (unpaired) electrons. The van der Waals surface area contributed by atoms with E-state index < -0.39 is 5.97 Å². The van der Waals surface area contributed by atoms with E-state index in [1.54, 1.807) is 12.1 Å². The zero-order valence-corrected chi connectivity index (χ0v) is 9.85. The van der Waals surface area contributed by atoms with Gasteiger partial charge >= 0.3 is 5.97 Å². The second-order valence-corrected chi connectivity index (χ2v) is 4.21. The van der Waals surface area contributed by atoms with Gasteiger partial charge in [-0.2, -0.15) is 0 Å². The van der Waals surface area contributed by atoms with Crippen molar-refractivity contribution in [3.63, 3.8) is 0 Å². The molecule has 2 aromatic carbocycles. The van der Waals surface area contributed by atoms with Gasteiger partial charge in [-0.1, -0.05) is 23.7 Å². The Bertz CT molecular complexity index is 786. The maximum atomic E-state index is 11.2. The molecule has 0 bridgehead atoms. The number of rotatable bonds is 1. The Kier molecular flexibility index (Phi) is 2.38. The number of carboxylic acids is 1. The summed E-state index contributed by atoms with van der Waals surface area (Å²) in [4.78, 5) is 19.9. The quantitative estimate of drug-likeness (QED) is 0.681. The molecule has 1 aromatic heterocycles. The van der Waals surface area contributed by atoms with E-state index >= 15 is 0 Å². The van der Waals surface area contributed by atoms with Gasteiger partial charge in [0, 0.05) is 0 Å². The summed E-state index contributed by atoms with van der Waals surface area (Å²) in [6, 6.07) is 10.5. The molecule has 0 spiro atoms. The van der Waals surface area contributed by atoms with E-state index in [-0.39, 0.29) is 10.6 Å². The Morgan fingerprint density at radius 1 is 1.00 bits per heavy atom. The molecule has 5 heteroatoms. The summed E-state index contributed by atoms with van der Waals surface area (Å²) in [5.74, 6) is -1.10. The standard InChI is InChI=1S/C13H7ClN2O2/c14-7-5-6-10-12(11(7)13(17)18)16-9-4-2-1-3-8(9)15-10/h1-6H,(H,17,18). The van der Waals surface area contributed by atoms with Crippen molar-refractivity contribution in [2.75, 3.05) is 0 Å². The van der Waals surface area contributed by atoms with Gasteiger partial charge in [0.2, 0.25) is 0 Å². The number of para-hydroxylation sites is 2. The van der Waals surface area contributed by atoms with Crippen molar-refractivity contribution in [3.05, 3.63) is 47.0 Å².